The zero-order valence-electron chi connectivity index (χ0n) is 8.74. The highest BCUT2D eigenvalue weighted by molar-refractivity contribution is 5.74. The number of amides is 1. The zero-order valence-corrected chi connectivity index (χ0v) is 8.74. The minimum Gasteiger partial charge on any atom is -0.769 e. The van der Waals surface area contributed by atoms with E-state index in [0.29, 0.717) is 5.56 Å². The summed E-state index contributed by atoms with van der Waals surface area (Å²) in [5, 5.41) is 38.0. The summed E-state index contributed by atoms with van der Waals surface area (Å²) in [6, 6.07) is 3.55. The topological polar surface area (TPSA) is 136 Å². The van der Waals surface area contributed by atoms with Gasteiger partial charge in [-0.05, 0) is 24.1 Å². The summed E-state index contributed by atoms with van der Waals surface area (Å²) in [6.07, 6.45) is 0.179. The summed E-state index contributed by atoms with van der Waals surface area (Å²) in [5.74, 6) is -0.545. The number of hydrogen-bond donors (Lipinski definition) is 3. The van der Waals surface area contributed by atoms with Crippen LogP contribution in [0.1, 0.15) is 12.0 Å². The molecule has 0 saturated heterocycles. The molecule has 1 aromatic rings. The minimum absolute atomic E-state index is 0.0126. The molecule has 0 saturated carbocycles. The van der Waals surface area contributed by atoms with Gasteiger partial charge in [0.05, 0.1) is 5.69 Å². The van der Waals surface area contributed by atoms with Crippen LogP contribution in [0.5, 0.6) is 0 Å². The van der Waals surface area contributed by atoms with Gasteiger partial charge >= 0.3 is 0 Å². The average molecular weight is 241 g/mol. The molecule has 1 amide bonds. The number of nitrogens with zero attached hydrogens (tertiary/aromatic N) is 2. The van der Waals surface area contributed by atoms with Crippen molar-refractivity contribution in [2.75, 3.05) is 10.5 Å². The predicted octanol–water partition coefficient (Wildman–Crippen LogP) is 0.491. The number of aryl methyl sites for hydroxylation is 1. The number of carbonyl (C=O) groups is 1. The second kappa shape index (κ2) is 5.46. The van der Waals surface area contributed by atoms with Crippen LogP contribution in [-0.2, 0) is 11.2 Å². The highest BCUT2D eigenvalue weighted by Crippen LogP contribution is 2.26. The molecule has 0 fully saturated rings. The Bertz CT molecular complexity index is 408. The minimum atomic E-state index is -0.662. The van der Waals surface area contributed by atoms with E-state index in [9.17, 15) is 15.2 Å². The monoisotopic (exact) mass is 241 g/mol. The van der Waals surface area contributed by atoms with Crippen LogP contribution in [0.4, 0.5) is 11.4 Å². The molecule has 1 aromatic carbocycles. The number of nitrogens with two attached hydrogens (primary N) is 1. The predicted molar refractivity (Wildman–Crippen MR) is 59.2 cm³/mol. The lowest BCUT2D eigenvalue weighted by Gasteiger charge is -2.38. The smallest absolute Gasteiger partial charge is 0.217 e. The summed E-state index contributed by atoms with van der Waals surface area (Å²) in [4.78, 5) is 10.6. The van der Waals surface area contributed by atoms with Gasteiger partial charge in [0.25, 0.3) is 0 Å². The SMILES string of the molecule is NC(=O)CCc1ccc(N([O-])[O-])cc1N(O)O. The molecule has 8 heteroatoms. The fourth-order valence-electron chi connectivity index (χ4n) is 1.32. The lowest BCUT2D eigenvalue weighted by atomic mass is 10.1. The third-order valence-corrected chi connectivity index (χ3v) is 2.14. The Morgan fingerprint density at radius 3 is 2.47 bits per heavy atom. The van der Waals surface area contributed by atoms with E-state index in [1.54, 1.807) is 0 Å². The van der Waals surface area contributed by atoms with E-state index in [2.05, 4.69) is 0 Å². The standard InChI is InChI=1S/C9H11N3O5/c10-9(13)4-2-6-1-3-7(11(14)15)5-8(6)12(16)17/h1,3,5,16-17H,2,4H2,(H2,10,13)/q-2. The van der Waals surface area contributed by atoms with Crippen molar-refractivity contribution in [2.24, 2.45) is 5.73 Å². The second-order valence-corrected chi connectivity index (χ2v) is 3.33. The number of hydrogen-bond acceptors (Lipinski definition) is 7. The fourth-order valence-corrected chi connectivity index (χ4v) is 1.32. The number of rotatable bonds is 5. The fraction of sp³-hybridized carbons (Fsp3) is 0.222. The van der Waals surface area contributed by atoms with Crippen molar-refractivity contribution >= 4 is 17.3 Å². The van der Waals surface area contributed by atoms with Crippen LogP contribution in [0.25, 0.3) is 0 Å². The highest BCUT2D eigenvalue weighted by atomic mass is 16.8. The molecule has 0 aliphatic heterocycles. The number of primary amides is 1. The Hall–Kier alpha value is -1.87. The van der Waals surface area contributed by atoms with Gasteiger partial charge in [-0.3, -0.25) is 15.2 Å². The van der Waals surface area contributed by atoms with E-state index in [1.165, 1.54) is 12.1 Å². The number of anilines is 2. The Morgan fingerprint density at radius 2 is 2.00 bits per heavy atom. The van der Waals surface area contributed by atoms with Gasteiger partial charge in [-0.2, -0.15) is 0 Å². The summed E-state index contributed by atoms with van der Waals surface area (Å²) >= 11 is 0. The molecule has 94 valence electrons. The molecular weight excluding hydrogens is 230 g/mol. The molecule has 0 spiro atoms. The van der Waals surface area contributed by atoms with Gasteiger partial charge in [0.1, 0.15) is 0 Å². The van der Waals surface area contributed by atoms with Crippen LogP contribution >= 0.6 is 0 Å². The van der Waals surface area contributed by atoms with Crippen molar-refractivity contribution in [1.82, 2.24) is 0 Å². The van der Waals surface area contributed by atoms with Gasteiger partial charge < -0.3 is 21.4 Å². The molecule has 0 unspecified atom stereocenters. The summed E-state index contributed by atoms with van der Waals surface area (Å²) in [5.41, 5.74) is 4.90. The molecule has 0 aromatic heterocycles. The number of benzene rings is 1. The van der Waals surface area contributed by atoms with Crippen molar-refractivity contribution in [1.29, 1.82) is 0 Å². The first-order valence-corrected chi connectivity index (χ1v) is 4.65. The molecule has 8 nitrogen and oxygen atoms in total. The summed E-state index contributed by atoms with van der Waals surface area (Å²) in [7, 11) is 0. The Kier molecular flexibility index (Phi) is 4.24. The summed E-state index contributed by atoms with van der Waals surface area (Å²) < 4.78 is 0. The quantitative estimate of drug-likeness (QED) is 0.638. The van der Waals surface area contributed by atoms with E-state index in [-0.39, 0.29) is 29.4 Å². The second-order valence-electron chi connectivity index (χ2n) is 3.33. The van der Waals surface area contributed by atoms with E-state index in [0.717, 1.165) is 6.07 Å². The largest absolute Gasteiger partial charge is 0.769 e. The molecular formula is C9H11N3O5-2. The van der Waals surface area contributed by atoms with Gasteiger partial charge in [0.15, 0.2) is 0 Å². The van der Waals surface area contributed by atoms with Gasteiger partial charge in [-0.1, -0.05) is 6.07 Å². The van der Waals surface area contributed by atoms with Crippen LogP contribution in [0.3, 0.4) is 0 Å². The van der Waals surface area contributed by atoms with Crippen LogP contribution in [0.2, 0.25) is 0 Å². The molecule has 17 heavy (non-hydrogen) atoms. The van der Waals surface area contributed by atoms with Crippen molar-refractivity contribution in [3.05, 3.63) is 34.2 Å². The molecule has 0 aliphatic carbocycles. The Morgan fingerprint density at radius 1 is 1.35 bits per heavy atom. The Labute approximate surface area is 96.5 Å². The first-order chi connectivity index (χ1) is 7.91. The van der Waals surface area contributed by atoms with Crippen LogP contribution in [0.15, 0.2) is 18.2 Å². The first-order valence-electron chi connectivity index (χ1n) is 4.65. The maximum Gasteiger partial charge on any atom is 0.217 e. The third kappa shape index (κ3) is 3.57. The van der Waals surface area contributed by atoms with Gasteiger partial charge in [-0.15, -0.1) is 5.23 Å². The molecule has 4 N–H and O–H groups in total. The van der Waals surface area contributed by atoms with E-state index < -0.39 is 11.1 Å². The normalized spacial score (nSPS) is 10.1. The van der Waals surface area contributed by atoms with Crippen molar-refractivity contribution < 1.29 is 15.2 Å². The van der Waals surface area contributed by atoms with Gasteiger partial charge in [-0.25, -0.2) is 0 Å². The highest BCUT2D eigenvalue weighted by Gasteiger charge is 2.09. The maximum absolute atomic E-state index is 10.6. The molecule has 0 bridgehead atoms. The van der Waals surface area contributed by atoms with Crippen LogP contribution in [0, 0.1) is 10.4 Å². The number of carbonyl (C=O) groups excluding carboxylic acids is 1. The van der Waals surface area contributed by atoms with Crippen LogP contribution < -0.4 is 16.2 Å². The summed E-state index contributed by atoms with van der Waals surface area (Å²) in [6.45, 7) is 0. The lowest BCUT2D eigenvalue weighted by Crippen LogP contribution is -2.16. The van der Waals surface area contributed by atoms with E-state index in [4.69, 9.17) is 16.1 Å². The molecule has 0 radical (unpaired) electrons. The average Bonchev–Trinajstić information content (AvgIpc) is 2.25. The molecule has 1 rings (SSSR count). The third-order valence-electron chi connectivity index (χ3n) is 2.14. The van der Waals surface area contributed by atoms with E-state index in [1.807, 2.05) is 0 Å². The maximum atomic E-state index is 10.6. The van der Waals surface area contributed by atoms with Crippen molar-refractivity contribution in [3.8, 4) is 0 Å². The van der Waals surface area contributed by atoms with E-state index >= 15 is 0 Å². The molecule has 0 atom stereocenters. The van der Waals surface area contributed by atoms with Crippen molar-refractivity contribution in [3.63, 3.8) is 0 Å². The van der Waals surface area contributed by atoms with Crippen LogP contribution in [-0.4, -0.2) is 16.3 Å². The van der Waals surface area contributed by atoms with Crippen molar-refractivity contribution in [2.45, 2.75) is 12.8 Å². The Balaban J connectivity index is 3.00. The first kappa shape index (κ1) is 13.2. The molecule has 0 heterocycles. The zero-order chi connectivity index (χ0) is 13.0. The lowest BCUT2D eigenvalue weighted by molar-refractivity contribution is -0.118. The van der Waals surface area contributed by atoms with Gasteiger partial charge in [0.2, 0.25) is 5.91 Å². The van der Waals surface area contributed by atoms with Gasteiger partial charge in [0, 0.05) is 12.1 Å². The molecule has 0 aliphatic rings.